The molecule has 0 N–H and O–H groups in total. The fourth-order valence-corrected chi connectivity index (χ4v) is 3.55. The third-order valence-electron chi connectivity index (χ3n) is 4.32. The van der Waals surface area contributed by atoms with E-state index in [1.54, 1.807) is 30.1 Å². The van der Waals surface area contributed by atoms with E-state index in [4.69, 9.17) is 0 Å². The highest BCUT2D eigenvalue weighted by atomic mass is 32.1. The van der Waals surface area contributed by atoms with Gasteiger partial charge in [0.1, 0.15) is 5.69 Å². The van der Waals surface area contributed by atoms with Gasteiger partial charge in [-0.2, -0.15) is 11.3 Å². The molecule has 0 atom stereocenters. The van der Waals surface area contributed by atoms with Crippen LogP contribution >= 0.6 is 11.3 Å². The van der Waals surface area contributed by atoms with Crippen molar-refractivity contribution >= 4 is 23.2 Å². The van der Waals surface area contributed by atoms with Gasteiger partial charge in [-0.25, -0.2) is 4.79 Å². The van der Waals surface area contributed by atoms with Crippen LogP contribution in [0, 0.1) is 0 Å². The van der Waals surface area contributed by atoms with Crippen molar-refractivity contribution in [1.82, 2.24) is 18.9 Å². The predicted molar refractivity (Wildman–Crippen MR) is 91.4 cm³/mol. The Morgan fingerprint density at radius 3 is 2.25 bits per heavy atom. The van der Waals surface area contributed by atoms with Gasteiger partial charge in [0.15, 0.2) is 0 Å². The van der Waals surface area contributed by atoms with Gasteiger partial charge in [-0.15, -0.1) is 0 Å². The molecular formula is C16H20N4O3S. The largest absolute Gasteiger partial charge is 0.337 e. The molecule has 0 saturated carbocycles. The second kappa shape index (κ2) is 6.64. The van der Waals surface area contributed by atoms with Gasteiger partial charge in [-0.05, 0) is 17.9 Å². The Balaban J connectivity index is 1.71. The average Bonchev–Trinajstić information content (AvgIpc) is 3.11. The Morgan fingerprint density at radius 2 is 1.71 bits per heavy atom. The molecule has 128 valence electrons. The SMILES string of the molecule is Cn1cc(C(=O)N2CCCN(C(=O)c3ccsc3)CC2)n(C)c1=O. The van der Waals surface area contributed by atoms with Gasteiger partial charge in [0.2, 0.25) is 0 Å². The quantitative estimate of drug-likeness (QED) is 0.805. The van der Waals surface area contributed by atoms with Crippen LogP contribution in [-0.4, -0.2) is 56.9 Å². The highest BCUT2D eigenvalue weighted by Gasteiger charge is 2.25. The van der Waals surface area contributed by atoms with Crippen molar-refractivity contribution in [3.05, 3.63) is 44.8 Å². The average molecular weight is 348 g/mol. The predicted octanol–water partition coefficient (Wildman–Crippen LogP) is 0.774. The Labute approximate surface area is 143 Å². The van der Waals surface area contributed by atoms with E-state index < -0.39 is 0 Å². The van der Waals surface area contributed by atoms with Gasteiger partial charge in [-0.1, -0.05) is 0 Å². The van der Waals surface area contributed by atoms with E-state index in [1.165, 1.54) is 20.5 Å². The van der Waals surface area contributed by atoms with Crippen molar-refractivity contribution in [2.24, 2.45) is 14.1 Å². The van der Waals surface area contributed by atoms with Crippen LogP contribution in [0.25, 0.3) is 0 Å². The topological polar surface area (TPSA) is 67.6 Å². The molecule has 2 amide bonds. The van der Waals surface area contributed by atoms with E-state index in [0.29, 0.717) is 37.4 Å². The molecule has 3 heterocycles. The van der Waals surface area contributed by atoms with Crippen molar-refractivity contribution in [3.63, 3.8) is 0 Å². The second-order valence-electron chi connectivity index (χ2n) is 5.92. The number of thiophene rings is 1. The molecule has 1 saturated heterocycles. The maximum absolute atomic E-state index is 12.7. The van der Waals surface area contributed by atoms with Crippen molar-refractivity contribution in [2.75, 3.05) is 26.2 Å². The number of aromatic nitrogens is 2. The van der Waals surface area contributed by atoms with Crippen molar-refractivity contribution < 1.29 is 9.59 Å². The zero-order valence-corrected chi connectivity index (χ0v) is 14.6. The van der Waals surface area contributed by atoms with Crippen LogP contribution in [0.4, 0.5) is 0 Å². The van der Waals surface area contributed by atoms with Crippen LogP contribution in [0.15, 0.2) is 27.8 Å². The molecule has 24 heavy (non-hydrogen) atoms. The van der Waals surface area contributed by atoms with Crippen LogP contribution in [0.5, 0.6) is 0 Å². The molecule has 1 fully saturated rings. The number of nitrogens with zero attached hydrogens (tertiary/aromatic N) is 4. The highest BCUT2D eigenvalue weighted by molar-refractivity contribution is 7.08. The molecular weight excluding hydrogens is 328 g/mol. The molecule has 7 nitrogen and oxygen atoms in total. The molecule has 8 heteroatoms. The number of rotatable bonds is 2. The number of hydrogen-bond donors (Lipinski definition) is 0. The Kier molecular flexibility index (Phi) is 4.57. The maximum atomic E-state index is 12.7. The summed E-state index contributed by atoms with van der Waals surface area (Å²) in [6.45, 7) is 2.18. The fraction of sp³-hybridized carbons (Fsp3) is 0.438. The summed E-state index contributed by atoms with van der Waals surface area (Å²) >= 11 is 1.50. The van der Waals surface area contributed by atoms with Crippen molar-refractivity contribution in [3.8, 4) is 0 Å². The summed E-state index contributed by atoms with van der Waals surface area (Å²) < 4.78 is 2.76. The molecule has 0 spiro atoms. The number of amides is 2. The van der Waals surface area contributed by atoms with E-state index in [2.05, 4.69) is 0 Å². The van der Waals surface area contributed by atoms with E-state index in [0.717, 1.165) is 6.42 Å². The van der Waals surface area contributed by atoms with E-state index in [9.17, 15) is 14.4 Å². The van der Waals surface area contributed by atoms with E-state index in [-0.39, 0.29) is 17.5 Å². The van der Waals surface area contributed by atoms with Crippen LogP contribution in [0.2, 0.25) is 0 Å². The molecule has 2 aromatic heterocycles. The fourth-order valence-electron chi connectivity index (χ4n) is 2.92. The monoisotopic (exact) mass is 348 g/mol. The zero-order chi connectivity index (χ0) is 17.3. The third kappa shape index (κ3) is 3.01. The molecule has 2 aromatic rings. The zero-order valence-electron chi connectivity index (χ0n) is 13.8. The smallest absolute Gasteiger partial charge is 0.328 e. The minimum Gasteiger partial charge on any atom is -0.337 e. The molecule has 1 aliphatic rings. The first kappa shape index (κ1) is 16.5. The lowest BCUT2D eigenvalue weighted by molar-refractivity contribution is 0.0713. The van der Waals surface area contributed by atoms with Gasteiger partial charge < -0.3 is 14.4 Å². The summed E-state index contributed by atoms with van der Waals surface area (Å²) in [6.07, 6.45) is 2.28. The Morgan fingerprint density at radius 1 is 1.04 bits per heavy atom. The summed E-state index contributed by atoms with van der Waals surface area (Å²) in [5.41, 5.74) is 0.854. The summed E-state index contributed by atoms with van der Waals surface area (Å²) in [7, 11) is 3.22. The van der Waals surface area contributed by atoms with E-state index in [1.807, 2.05) is 16.8 Å². The van der Waals surface area contributed by atoms with Gasteiger partial charge >= 0.3 is 5.69 Å². The van der Waals surface area contributed by atoms with Crippen LogP contribution in [-0.2, 0) is 14.1 Å². The molecule has 0 aliphatic carbocycles. The number of carbonyl (C=O) groups excluding carboxylic acids is 2. The normalized spacial score (nSPS) is 15.4. The number of carbonyl (C=O) groups is 2. The number of aryl methyl sites for hydroxylation is 1. The number of imidazole rings is 1. The molecule has 1 aliphatic heterocycles. The van der Waals surface area contributed by atoms with Gasteiger partial charge in [0.25, 0.3) is 11.8 Å². The first-order valence-electron chi connectivity index (χ1n) is 7.82. The Bertz CT molecular complexity index is 806. The van der Waals surface area contributed by atoms with Crippen LogP contribution < -0.4 is 5.69 Å². The summed E-state index contributed by atoms with van der Waals surface area (Å²) in [4.78, 5) is 40.5. The minimum atomic E-state index is -0.220. The van der Waals surface area contributed by atoms with Gasteiger partial charge in [-0.3, -0.25) is 14.2 Å². The van der Waals surface area contributed by atoms with Crippen LogP contribution in [0.1, 0.15) is 27.3 Å². The standard InChI is InChI=1S/C16H20N4O3S/c1-17-10-13(18(2)16(17)23)15(22)20-6-3-5-19(7-8-20)14(21)12-4-9-24-11-12/h4,9-11H,3,5-8H2,1-2H3. The molecule has 0 unspecified atom stereocenters. The maximum Gasteiger partial charge on any atom is 0.328 e. The minimum absolute atomic E-state index is 0.0117. The van der Waals surface area contributed by atoms with E-state index >= 15 is 0 Å². The Hall–Kier alpha value is -2.35. The highest BCUT2D eigenvalue weighted by Crippen LogP contribution is 2.13. The molecule has 0 bridgehead atoms. The lowest BCUT2D eigenvalue weighted by Crippen LogP contribution is -2.38. The second-order valence-corrected chi connectivity index (χ2v) is 6.70. The summed E-state index contributed by atoms with van der Waals surface area (Å²) in [6, 6.07) is 1.82. The van der Waals surface area contributed by atoms with Crippen LogP contribution in [0.3, 0.4) is 0 Å². The van der Waals surface area contributed by atoms with Crippen molar-refractivity contribution in [1.29, 1.82) is 0 Å². The molecule has 0 radical (unpaired) electrons. The van der Waals surface area contributed by atoms with Gasteiger partial charge in [0, 0.05) is 51.9 Å². The number of hydrogen-bond acceptors (Lipinski definition) is 4. The summed E-state index contributed by atoms with van der Waals surface area (Å²) in [5.74, 6) is -0.155. The lowest BCUT2D eigenvalue weighted by atomic mass is 10.3. The molecule has 3 rings (SSSR count). The third-order valence-corrected chi connectivity index (χ3v) is 5.01. The lowest BCUT2D eigenvalue weighted by Gasteiger charge is -2.22. The van der Waals surface area contributed by atoms with Crippen molar-refractivity contribution in [2.45, 2.75) is 6.42 Å². The molecule has 0 aromatic carbocycles. The first-order valence-corrected chi connectivity index (χ1v) is 8.76. The summed E-state index contributed by atoms with van der Waals surface area (Å²) in [5, 5.41) is 3.73. The van der Waals surface area contributed by atoms with Gasteiger partial charge in [0.05, 0.1) is 5.56 Å². The first-order chi connectivity index (χ1) is 11.5.